The van der Waals surface area contributed by atoms with Crippen LogP contribution in [0.4, 0.5) is 61.2 Å². The molecule has 6 aromatic heterocycles. The van der Waals surface area contributed by atoms with Crippen molar-refractivity contribution in [2.45, 2.75) is 165 Å². The highest BCUT2D eigenvalue weighted by Gasteiger charge is 2.34. The van der Waals surface area contributed by atoms with Crippen molar-refractivity contribution in [1.29, 1.82) is 0 Å². The van der Waals surface area contributed by atoms with E-state index >= 15 is 0 Å². The third-order valence-electron chi connectivity index (χ3n) is 14.5. The standard InChI is InChI=1S/C26H26N8O3.C20H27N7O5.C20H27N7O4/c1-26(2,3)21-19(27-4)22(32(30-21)25(37)31(5)6)29-28-20-23(35)33(17-13-9-7-10-14-17)34(24(20)36)18-15-11-8-12-16-18;1-10(2)25-16(28)13(17(29)26(11(3)4)18(25)30)22-23-15-12(21-8)14(20(5,6)7)24-27(15)19(31)32-9;1-10(2)25-17(29)14(18(30)26(11(3)4)19(25)31)22-23-16-13(21-9)15(20(6,7)8)24-27(16)12(5)28/h7-16,35H,1-3,5-6H3;10-11,28H,1-7,9H3;10-11,29H,1-8H3. The van der Waals surface area contributed by atoms with Gasteiger partial charge in [-0.1, -0.05) is 98.7 Å². The maximum absolute atomic E-state index is 13.5. The number of ether oxygens (including phenoxy) is 1. The zero-order valence-corrected chi connectivity index (χ0v) is 59.4. The van der Waals surface area contributed by atoms with Crippen LogP contribution in [0.25, 0.3) is 25.9 Å². The molecule has 0 fully saturated rings. The fourth-order valence-electron chi connectivity index (χ4n) is 9.77. The van der Waals surface area contributed by atoms with Crippen LogP contribution in [0.5, 0.6) is 17.6 Å². The van der Waals surface area contributed by atoms with Crippen molar-refractivity contribution in [3.63, 3.8) is 0 Å². The van der Waals surface area contributed by atoms with Crippen LogP contribution >= 0.6 is 0 Å². The molecule has 0 aliphatic carbocycles. The van der Waals surface area contributed by atoms with Crippen molar-refractivity contribution in [3.05, 3.63) is 164 Å². The second kappa shape index (κ2) is 30.0. The van der Waals surface area contributed by atoms with Gasteiger partial charge in [0, 0.05) is 45.2 Å². The number of azo groups is 3. The van der Waals surface area contributed by atoms with Crippen LogP contribution in [0.3, 0.4) is 0 Å². The summed E-state index contributed by atoms with van der Waals surface area (Å²) in [6, 6.07) is 15.1. The van der Waals surface area contributed by atoms with Crippen LogP contribution in [0.2, 0.25) is 0 Å². The van der Waals surface area contributed by atoms with E-state index in [1.807, 2.05) is 53.7 Å². The lowest BCUT2D eigenvalue weighted by molar-refractivity contribution is 0.0922. The van der Waals surface area contributed by atoms with Crippen molar-refractivity contribution < 1.29 is 34.4 Å². The Labute approximate surface area is 573 Å². The monoisotopic (exact) mass is 1370 g/mol. The zero-order chi connectivity index (χ0) is 75.3. The lowest BCUT2D eigenvalue weighted by Crippen LogP contribution is -2.41. The highest BCUT2D eigenvalue weighted by atomic mass is 16.5. The number of aromatic hydroxyl groups is 3. The zero-order valence-electron chi connectivity index (χ0n) is 59.4. The van der Waals surface area contributed by atoms with E-state index in [1.54, 1.807) is 139 Å². The Morgan fingerprint density at radius 1 is 0.470 bits per heavy atom. The maximum Gasteiger partial charge on any atom is 0.435 e. The van der Waals surface area contributed by atoms with E-state index in [0.717, 1.165) is 39.4 Å². The summed E-state index contributed by atoms with van der Waals surface area (Å²) in [5.74, 6) is -2.78. The van der Waals surface area contributed by atoms with E-state index in [-0.39, 0.29) is 45.9 Å². The smallest absolute Gasteiger partial charge is 0.435 e. The predicted octanol–water partition coefficient (Wildman–Crippen LogP) is 13.3. The Morgan fingerprint density at radius 2 is 0.780 bits per heavy atom. The number of carbonyl (C=O) groups excluding carboxylic acids is 3. The van der Waals surface area contributed by atoms with Crippen LogP contribution in [-0.2, 0) is 21.0 Å². The van der Waals surface area contributed by atoms with E-state index in [1.165, 1.54) is 21.2 Å². The quantitative estimate of drug-likeness (QED) is 0.0756. The number of aromatic nitrogens is 12. The number of hydrogen-bond acceptors (Lipinski definition) is 21. The normalized spacial score (nSPS) is 11.9. The van der Waals surface area contributed by atoms with Crippen molar-refractivity contribution in [1.82, 2.24) is 61.9 Å². The number of carbonyl (C=O) groups is 3. The fraction of sp³-hybridized carbons (Fsp3) is 0.424. The minimum atomic E-state index is -0.907. The highest BCUT2D eigenvalue weighted by Crippen LogP contribution is 2.43. The van der Waals surface area contributed by atoms with Crippen molar-refractivity contribution >= 4 is 69.6 Å². The topological polar surface area (TPSA) is 380 Å². The van der Waals surface area contributed by atoms with E-state index in [0.29, 0.717) is 22.8 Å². The number of hydrogen-bond donors (Lipinski definition) is 3. The molecular formula is C66H80N22O12. The van der Waals surface area contributed by atoms with Crippen molar-refractivity contribution in [2.24, 2.45) is 30.7 Å². The first-order valence-corrected chi connectivity index (χ1v) is 31.0. The molecule has 0 unspecified atom stereocenters. The minimum absolute atomic E-state index is 0.0207. The first-order chi connectivity index (χ1) is 46.6. The first-order valence-electron chi connectivity index (χ1n) is 31.0. The molecule has 0 aliphatic rings. The van der Waals surface area contributed by atoms with Crippen LogP contribution in [0.15, 0.2) is 115 Å². The number of benzene rings is 2. The molecule has 2 aromatic carbocycles. The van der Waals surface area contributed by atoms with Crippen LogP contribution in [0.1, 0.15) is 171 Å². The molecule has 0 atom stereocenters. The van der Waals surface area contributed by atoms with Gasteiger partial charge in [0.05, 0.1) is 55.3 Å². The van der Waals surface area contributed by atoms with E-state index in [9.17, 15) is 53.7 Å². The lowest BCUT2D eigenvalue weighted by atomic mass is 9.91. The van der Waals surface area contributed by atoms with Gasteiger partial charge in [-0.3, -0.25) is 37.4 Å². The molecule has 0 radical (unpaired) electrons. The van der Waals surface area contributed by atoms with Gasteiger partial charge in [0.2, 0.25) is 40.6 Å². The third-order valence-corrected chi connectivity index (χ3v) is 14.5. The first kappa shape index (κ1) is 76.7. The number of methoxy groups -OCH3 is 1. The van der Waals surface area contributed by atoms with Crippen molar-refractivity contribution in [3.8, 4) is 29.0 Å². The second-order valence-electron chi connectivity index (χ2n) is 26.8. The Hall–Kier alpha value is -12.3. The summed E-state index contributed by atoms with van der Waals surface area (Å²) >= 11 is 0. The molecular weight excluding hydrogens is 1290 g/mol. The number of para-hydroxylation sites is 2. The molecule has 100 heavy (non-hydrogen) atoms. The lowest BCUT2D eigenvalue weighted by Gasteiger charge is -2.17. The third kappa shape index (κ3) is 15.3. The Kier molecular flexibility index (Phi) is 23.0. The molecule has 34 heteroatoms. The summed E-state index contributed by atoms with van der Waals surface area (Å²) in [6.07, 6.45) is -0.907. The Balaban J connectivity index is 0.000000238. The summed E-state index contributed by atoms with van der Waals surface area (Å²) in [4.78, 5) is 114. The van der Waals surface area contributed by atoms with E-state index in [4.69, 9.17) is 24.5 Å². The molecule has 526 valence electrons. The molecule has 0 saturated heterocycles. The fourth-order valence-corrected chi connectivity index (χ4v) is 9.77. The van der Waals surface area contributed by atoms with Gasteiger partial charge in [-0.05, 0) is 95.9 Å². The molecule has 0 spiro atoms. The van der Waals surface area contributed by atoms with Gasteiger partial charge >= 0.3 is 29.1 Å². The average Bonchev–Trinajstić information content (AvgIpc) is 1.78. The predicted molar refractivity (Wildman–Crippen MR) is 371 cm³/mol. The summed E-state index contributed by atoms with van der Waals surface area (Å²) < 4.78 is 14.0. The number of amides is 1. The molecule has 8 rings (SSSR count). The molecule has 1 amide bonds. The van der Waals surface area contributed by atoms with Gasteiger partial charge in [-0.15, -0.1) is 30.7 Å². The average molecular weight is 1370 g/mol. The van der Waals surface area contributed by atoms with Gasteiger partial charge in [0.25, 0.3) is 28.2 Å². The Morgan fingerprint density at radius 3 is 1.09 bits per heavy atom. The number of rotatable bonds is 12. The summed E-state index contributed by atoms with van der Waals surface area (Å²) in [7, 11) is 4.23. The van der Waals surface area contributed by atoms with Gasteiger partial charge in [0.1, 0.15) is 0 Å². The molecule has 3 N–H and O–H groups in total. The Bertz CT molecular complexity index is 5020. The molecule has 6 heterocycles. The molecule has 0 saturated carbocycles. The van der Waals surface area contributed by atoms with Gasteiger partial charge in [0.15, 0.2) is 17.5 Å². The number of nitrogens with zero attached hydrogens (tertiary/aromatic N) is 22. The summed E-state index contributed by atoms with van der Waals surface area (Å²) in [5, 5.41) is 68.9. The SMILES string of the molecule is [C-]#[N+]c1c(C(C)(C)C)nn(C(=O)N(C)C)c1N=Nc1c(O)n(-c2ccccc2)n(-c2ccccc2)c1=O.[C-]#[N+]c1c(C(C)(C)C)nn(C(=O)OC)c1N=Nc1c(O)n(C(C)C)c(=O)n(C(C)C)c1=O.[C-]#[N+]c1c(C(C)(C)C)nn(C(C)=O)c1N=Nc1c(O)n(C(C)C)c(=O)n(C(C)C)c1=O. The minimum Gasteiger partial charge on any atom is -0.493 e. The van der Waals surface area contributed by atoms with E-state index < -0.39 is 116 Å². The van der Waals surface area contributed by atoms with Crippen molar-refractivity contribution in [2.75, 3.05) is 21.2 Å². The van der Waals surface area contributed by atoms with E-state index in [2.05, 4.69) is 60.5 Å². The molecule has 0 bridgehead atoms. The maximum atomic E-state index is 13.5. The molecule has 0 aliphatic heterocycles. The van der Waals surface area contributed by atoms with Gasteiger partial charge < -0.3 is 25.0 Å². The summed E-state index contributed by atoms with van der Waals surface area (Å²) in [6.45, 7) is 53.8. The van der Waals surface area contributed by atoms with Gasteiger partial charge in [-0.2, -0.15) is 29.3 Å². The second-order valence-corrected chi connectivity index (χ2v) is 26.8. The molecule has 8 aromatic rings. The van der Waals surface area contributed by atoms with Crippen LogP contribution in [0, 0.1) is 19.7 Å². The van der Waals surface area contributed by atoms with Gasteiger partial charge in [-0.25, -0.2) is 43.1 Å². The van der Waals surface area contributed by atoms with Crippen LogP contribution < -0.4 is 28.1 Å². The summed E-state index contributed by atoms with van der Waals surface area (Å²) in [5.41, 5.74) is -4.71. The highest BCUT2D eigenvalue weighted by molar-refractivity contribution is 5.85. The molecule has 34 nitrogen and oxygen atoms in total. The van der Waals surface area contributed by atoms with Crippen LogP contribution in [-0.4, -0.2) is 116 Å². The largest absolute Gasteiger partial charge is 0.493 e.